The lowest BCUT2D eigenvalue weighted by atomic mass is 9.96. The van der Waals surface area contributed by atoms with Gasteiger partial charge in [-0.05, 0) is 42.5 Å². The number of thiazole rings is 1. The van der Waals surface area contributed by atoms with E-state index in [1.807, 2.05) is 22.9 Å². The van der Waals surface area contributed by atoms with Gasteiger partial charge in [0, 0.05) is 60.3 Å². The molecule has 2 aliphatic rings. The van der Waals surface area contributed by atoms with Crippen molar-refractivity contribution < 1.29 is 18.6 Å². The quantitative estimate of drug-likeness (QED) is 0.217. The van der Waals surface area contributed by atoms with E-state index in [-0.39, 0.29) is 46.1 Å². The second kappa shape index (κ2) is 10.3. The summed E-state index contributed by atoms with van der Waals surface area (Å²) < 4.78 is 40.1. The molecular formula is C32H23ClF2N6O2S. The van der Waals surface area contributed by atoms with Gasteiger partial charge in [0.05, 0.1) is 10.9 Å². The van der Waals surface area contributed by atoms with Crippen LogP contribution in [0.2, 0.25) is 4.34 Å². The minimum atomic E-state index is -0.757. The van der Waals surface area contributed by atoms with Crippen molar-refractivity contribution in [3.8, 4) is 35.4 Å². The highest BCUT2D eigenvalue weighted by molar-refractivity contribution is 7.21. The van der Waals surface area contributed by atoms with E-state index in [4.69, 9.17) is 27.7 Å². The number of anilines is 1. The Labute approximate surface area is 258 Å². The summed E-state index contributed by atoms with van der Waals surface area (Å²) in [6, 6.07) is 8.06. The first-order chi connectivity index (χ1) is 21.3. The zero-order valence-electron chi connectivity index (χ0n) is 23.0. The second-order valence-corrected chi connectivity index (χ2v) is 12.8. The summed E-state index contributed by atoms with van der Waals surface area (Å²) in [5.41, 5.74) is 0.865. The van der Waals surface area contributed by atoms with E-state index in [1.54, 1.807) is 0 Å². The van der Waals surface area contributed by atoms with Gasteiger partial charge in [0.1, 0.15) is 44.4 Å². The molecule has 2 aliphatic heterocycles. The van der Waals surface area contributed by atoms with Crippen molar-refractivity contribution in [2.45, 2.75) is 31.5 Å². The number of aromatic hydroxyl groups is 1. The van der Waals surface area contributed by atoms with Gasteiger partial charge in [-0.1, -0.05) is 23.6 Å². The fraction of sp³-hybridized carbons (Fsp3) is 0.219. The number of aromatic nitrogens is 4. The van der Waals surface area contributed by atoms with Crippen molar-refractivity contribution in [3.05, 3.63) is 76.0 Å². The van der Waals surface area contributed by atoms with Crippen LogP contribution in [0.15, 0.2) is 48.9 Å². The lowest BCUT2D eigenvalue weighted by molar-refractivity contribution is 0.281. The Kier molecular flexibility index (Phi) is 6.34. The predicted octanol–water partition coefficient (Wildman–Crippen LogP) is 6.30. The summed E-state index contributed by atoms with van der Waals surface area (Å²) in [4.78, 5) is 16.8. The summed E-state index contributed by atoms with van der Waals surface area (Å²) in [5, 5.41) is 15.2. The summed E-state index contributed by atoms with van der Waals surface area (Å²) in [6.07, 6.45) is 13.0. The molecule has 2 N–H and O–H groups in total. The van der Waals surface area contributed by atoms with E-state index in [2.05, 4.69) is 26.1 Å². The number of rotatable bonds is 5. The highest BCUT2D eigenvalue weighted by atomic mass is 35.5. The first-order valence-corrected chi connectivity index (χ1v) is 15.2. The van der Waals surface area contributed by atoms with E-state index in [0.29, 0.717) is 46.1 Å². The van der Waals surface area contributed by atoms with E-state index >= 15 is 4.39 Å². The molecule has 2 saturated heterocycles. The molecule has 12 heteroatoms. The molecule has 44 heavy (non-hydrogen) atoms. The number of nitrogens with one attached hydrogen (secondary N) is 1. The number of nitrogens with zero attached hydrogens (tertiary/aromatic N) is 5. The lowest BCUT2D eigenvalue weighted by Gasteiger charge is -2.34. The lowest BCUT2D eigenvalue weighted by Crippen LogP contribution is -2.51. The molecule has 2 aromatic carbocycles. The Bertz CT molecular complexity index is 2130. The van der Waals surface area contributed by atoms with Gasteiger partial charge in [-0.3, -0.25) is 4.98 Å². The highest BCUT2D eigenvalue weighted by Gasteiger charge is 2.34. The van der Waals surface area contributed by atoms with Gasteiger partial charge in [0.25, 0.3) is 0 Å². The van der Waals surface area contributed by atoms with Crippen LogP contribution in [-0.4, -0.2) is 49.6 Å². The van der Waals surface area contributed by atoms with Crippen molar-refractivity contribution in [3.63, 3.8) is 0 Å². The number of piperazine rings is 1. The molecule has 0 saturated carbocycles. The number of hydrogen-bond donors (Lipinski definition) is 2. The van der Waals surface area contributed by atoms with Crippen LogP contribution >= 0.6 is 22.9 Å². The summed E-state index contributed by atoms with van der Waals surface area (Å²) in [5.74, 6) is 1.37. The van der Waals surface area contributed by atoms with Crippen LogP contribution in [0.3, 0.4) is 0 Å². The molecule has 0 unspecified atom stereocenters. The number of ether oxygens (including phenoxy) is 1. The van der Waals surface area contributed by atoms with Crippen LogP contribution in [-0.2, 0) is 6.61 Å². The third-order valence-electron chi connectivity index (χ3n) is 8.29. The average molecular weight is 629 g/mol. The first-order valence-electron chi connectivity index (χ1n) is 14.0. The summed E-state index contributed by atoms with van der Waals surface area (Å²) >= 11 is 7.56. The van der Waals surface area contributed by atoms with Gasteiger partial charge < -0.3 is 24.5 Å². The van der Waals surface area contributed by atoms with E-state index in [0.717, 1.165) is 23.2 Å². The monoisotopic (exact) mass is 628 g/mol. The van der Waals surface area contributed by atoms with Crippen molar-refractivity contribution in [1.82, 2.24) is 24.7 Å². The summed E-state index contributed by atoms with van der Waals surface area (Å²) in [7, 11) is 0. The largest absolute Gasteiger partial charge is 0.508 e. The fourth-order valence-electron chi connectivity index (χ4n) is 6.40. The molecule has 2 atom stereocenters. The zero-order chi connectivity index (χ0) is 30.1. The SMILES string of the molecule is C#Cc1c(F)ccc2cc(O)cc(-c3ncc4c(N5C[C@H]6CC[C@@H](C5)N6)nc(OCc5cc6sc(Cl)cn6c5)nc4c3F)c12. The van der Waals surface area contributed by atoms with Crippen LogP contribution in [0.5, 0.6) is 11.8 Å². The van der Waals surface area contributed by atoms with Gasteiger partial charge in [-0.2, -0.15) is 9.97 Å². The molecule has 8 rings (SSSR count). The average Bonchev–Trinajstić information content (AvgIpc) is 3.67. The number of phenolic OH excluding ortho intramolecular Hbond substituents is 1. The summed E-state index contributed by atoms with van der Waals surface area (Å²) in [6.45, 7) is 1.55. The van der Waals surface area contributed by atoms with E-state index in [9.17, 15) is 9.50 Å². The third-order valence-corrected chi connectivity index (χ3v) is 9.46. The van der Waals surface area contributed by atoms with Crippen LogP contribution < -0.4 is 15.0 Å². The number of hydrogen-bond acceptors (Lipinski definition) is 8. The van der Waals surface area contributed by atoms with Gasteiger partial charge >= 0.3 is 6.01 Å². The van der Waals surface area contributed by atoms with E-state index in [1.165, 1.54) is 41.8 Å². The van der Waals surface area contributed by atoms with Gasteiger partial charge in [0.15, 0.2) is 5.82 Å². The molecule has 220 valence electrons. The number of phenols is 1. The number of fused-ring (bicyclic) bond motifs is 5. The topological polar surface area (TPSA) is 87.8 Å². The third kappa shape index (κ3) is 4.49. The van der Waals surface area contributed by atoms with Crippen LogP contribution in [0, 0.1) is 24.0 Å². The Balaban J connectivity index is 1.28. The number of halogens is 3. The minimum absolute atomic E-state index is 0.000629. The number of benzene rings is 2. The minimum Gasteiger partial charge on any atom is -0.508 e. The predicted molar refractivity (Wildman–Crippen MR) is 167 cm³/mol. The van der Waals surface area contributed by atoms with Crippen LogP contribution in [0.25, 0.3) is 37.8 Å². The molecular weight excluding hydrogens is 606 g/mol. The molecule has 8 nitrogen and oxygen atoms in total. The van der Waals surface area contributed by atoms with Crippen LogP contribution in [0.1, 0.15) is 24.0 Å². The van der Waals surface area contributed by atoms with E-state index < -0.39 is 11.6 Å². The maximum absolute atomic E-state index is 16.7. The zero-order valence-corrected chi connectivity index (χ0v) is 24.6. The number of terminal acetylenes is 1. The maximum atomic E-state index is 16.7. The molecule has 0 radical (unpaired) electrons. The molecule has 4 aromatic heterocycles. The molecule has 0 aliphatic carbocycles. The van der Waals surface area contributed by atoms with Crippen LogP contribution in [0.4, 0.5) is 14.6 Å². The Morgan fingerprint density at radius 3 is 2.73 bits per heavy atom. The van der Waals surface area contributed by atoms with Crippen molar-refractivity contribution >= 4 is 55.3 Å². The standard InChI is InChI=1S/C32H23ClF2N6O2S/c1-2-21-24(34)6-3-17-8-20(42)9-22(27(17)21)29-28(35)30-23(10-36-29)31(41-12-18-4-5-19(13-41)37-18)39-32(38-30)43-15-16-7-26-40(11-16)14-25(33)44-26/h1,3,6-11,14,18-19,37,42H,4-5,12-13,15H2/t18-,19+. The molecule has 0 amide bonds. The van der Waals surface area contributed by atoms with Crippen molar-refractivity contribution in [2.75, 3.05) is 18.0 Å². The maximum Gasteiger partial charge on any atom is 0.319 e. The second-order valence-electron chi connectivity index (χ2n) is 11.1. The molecule has 2 fully saturated rings. The number of pyridine rings is 1. The molecule has 6 heterocycles. The smallest absolute Gasteiger partial charge is 0.319 e. The molecule has 2 bridgehead atoms. The Morgan fingerprint density at radius 2 is 1.95 bits per heavy atom. The first kappa shape index (κ1) is 27.1. The van der Waals surface area contributed by atoms with Gasteiger partial charge in [-0.15, -0.1) is 17.8 Å². The Hall–Kier alpha value is -4.50. The highest BCUT2D eigenvalue weighted by Crippen LogP contribution is 2.39. The molecule has 0 spiro atoms. The fourth-order valence-corrected chi connectivity index (χ4v) is 7.53. The van der Waals surface area contributed by atoms with Crippen molar-refractivity contribution in [1.29, 1.82) is 0 Å². The Morgan fingerprint density at radius 1 is 1.14 bits per heavy atom. The van der Waals surface area contributed by atoms with Gasteiger partial charge in [0.2, 0.25) is 0 Å². The normalized spacial score (nSPS) is 18.0. The van der Waals surface area contributed by atoms with Crippen molar-refractivity contribution in [2.24, 2.45) is 0 Å². The van der Waals surface area contributed by atoms with Gasteiger partial charge in [-0.25, -0.2) is 8.78 Å². The molecule has 6 aromatic rings.